The summed E-state index contributed by atoms with van der Waals surface area (Å²) in [5, 5.41) is 5.47. The first-order valence-corrected chi connectivity index (χ1v) is 8.03. The van der Waals surface area contributed by atoms with Crippen molar-refractivity contribution in [1.82, 2.24) is 5.32 Å². The van der Waals surface area contributed by atoms with Crippen LogP contribution in [0, 0.1) is 0 Å². The second kappa shape index (κ2) is 9.79. The molecular weight excluding hydrogens is 354 g/mol. The zero-order chi connectivity index (χ0) is 18.3. The highest BCUT2D eigenvalue weighted by Gasteiger charge is 2.29. The third-order valence-electron chi connectivity index (χ3n) is 3.66. The van der Waals surface area contributed by atoms with Gasteiger partial charge in [0.2, 0.25) is 11.8 Å². The summed E-state index contributed by atoms with van der Waals surface area (Å²) in [4.78, 5) is 23.4. The highest BCUT2D eigenvalue weighted by atomic mass is 35.5. The van der Waals surface area contributed by atoms with E-state index in [1.54, 1.807) is 31.2 Å². The smallest absolute Gasteiger partial charge is 0.244 e. The highest BCUT2D eigenvalue weighted by Crippen LogP contribution is 2.18. The molecule has 140 valence electrons. The number of benzene rings is 2. The van der Waals surface area contributed by atoms with Crippen LogP contribution < -0.4 is 21.1 Å². The van der Waals surface area contributed by atoms with Gasteiger partial charge in [-0.2, -0.15) is 0 Å². The number of nitrogens with two attached hydrogens (primary N) is 1. The molecule has 0 heterocycles. The summed E-state index contributed by atoms with van der Waals surface area (Å²) >= 11 is 0. The molecule has 2 amide bonds. The fourth-order valence-corrected chi connectivity index (χ4v) is 2.30. The molecule has 0 radical (unpaired) electrons. The average molecular weight is 378 g/mol. The molecule has 0 fully saturated rings. The van der Waals surface area contributed by atoms with Crippen LogP contribution >= 0.6 is 12.4 Å². The van der Waals surface area contributed by atoms with Crippen molar-refractivity contribution >= 4 is 29.9 Å². The molecule has 0 spiro atoms. The van der Waals surface area contributed by atoms with E-state index in [1.807, 2.05) is 30.3 Å². The standard InChI is InChI=1S/C19H23N3O3.ClH/c1-14(23)22-16-9-6-10-17(13-16)25-12-11-21-18(24)19(2,20)15-7-4-3-5-8-15;/h3-10,13H,11-12,20H2,1-2H3,(H,21,24)(H,22,23);1H. The molecule has 1 atom stereocenters. The van der Waals surface area contributed by atoms with Crippen LogP contribution in [0.2, 0.25) is 0 Å². The monoisotopic (exact) mass is 377 g/mol. The van der Waals surface area contributed by atoms with Crippen LogP contribution in [-0.2, 0) is 15.1 Å². The van der Waals surface area contributed by atoms with Gasteiger partial charge in [-0.25, -0.2) is 0 Å². The van der Waals surface area contributed by atoms with E-state index >= 15 is 0 Å². The fraction of sp³-hybridized carbons (Fsp3) is 0.263. The molecule has 2 rings (SSSR count). The van der Waals surface area contributed by atoms with E-state index in [2.05, 4.69) is 10.6 Å². The zero-order valence-corrected chi connectivity index (χ0v) is 15.6. The van der Waals surface area contributed by atoms with Gasteiger partial charge < -0.3 is 21.1 Å². The lowest BCUT2D eigenvalue weighted by Gasteiger charge is -2.24. The van der Waals surface area contributed by atoms with Crippen LogP contribution in [0.4, 0.5) is 5.69 Å². The third kappa shape index (κ3) is 6.06. The number of hydrogen-bond donors (Lipinski definition) is 3. The summed E-state index contributed by atoms with van der Waals surface area (Å²) in [7, 11) is 0. The Hall–Kier alpha value is -2.57. The van der Waals surface area contributed by atoms with Crippen molar-refractivity contribution in [3.05, 3.63) is 60.2 Å². The van der Waals surface area contributed by atoms with Gasteiger partial charge in [-0.1, -0.05) is 36.4 Å². The number of ether oxygens (including phenoxy) is 1. The molecule has 0 saturated heterocycles. The SMILES string of the molecule is CC(=O)Nc1cccc(OCCNC(=O)C(C)(N)c2ccccc2)c1.Cl. The lowest BCUT2D eigenvalue weighted by molar-refractivity contribution is -0.126. The maximum Gasteiger partial charge on any atom is 0.244 e. The van der Waals surface area contributed by atoms with Gasteiger partial charge in [0.15, 0.2) is 0 Å². The van der Waals surface area contributed by atoms with Crippen LogP contribution in [0.25, 0.3) is 0 Å². The van der Waals surface area contributed by atoms with Gasteiger partial charge in [-0.05, 0) is 24.6 Å². The highest BCUT2D eigenvalue weighted by molar-refractivity contribution is 5.89. The number of amides is 2. The molecule has 0 aliphatic heterocycles. The summed E-state index contributed by atoms with van der Waals surface area (Å²) in [6.07, 6.45) is 0. The number of carbonyl (C=O) groups excluding carboxylic acids is 2. The summed E-state index contributed by atoms with van der Waals surface area (Å²) in [6, 6.07) is 16.3. The second-order valence-electron chi connectivity index (χ2n) is 5.88. The molecular formula is C19H24ClN3O3. The Morgan fingerprint density at radius 3 is 2.46 bits per heavy atom. The number of hydrogen-bond acceptors (Lipinski definition) is 4. The Morgan fingerprint density at radius 2 is 1.81 bits per heavy atom. The number of halogens is 1. The summed E-state index contributed by atoms with van der Waals surface area (Å²) in [5.74, 6) is 0.195. The van der Waals surface area contributed by atoms with Gasteiger partial charge in [-0.15, -0.1) is 12.4 Å². The van der Waals surface area contributed by atoms with Crippen molar-refractivity contribution in [2.45, 2.75) is 19.4 Å². The largest absolute Gasteiger partial charge is 0.492 e. The Labute approximate surface area is 159 Å². The normalized spacial score (nSPS) is 12.3. The lowest BCUT2D eigenvalue weighted by atomic mass is 9.92. The molecule has 4 N–H and O–H groups in total. The van der Waals surface area contributed by atoms with E-state index < -0.39 is 5.54 Å². The van der Waals surface area contributed by atoms with Crippen molar-refractivity contribution in [3.63, 3.8) is 0 Å². The first kappa shape index (κ1) is 21.5. The fourth-order valence-electron chi connectivity index (χ4n) is 2.30. The van der Waals surface area contributed by atoms with E-state index in [0.29, 0.717) is 24.6 Å². The predicted octanol–water partition coefficient (Wildman–Crippen LogP) is 2.44. The molecule has 26 heavy (non-hydrogen) atoms. The van der Waals surface area contributed by atoms with Gasteiger partial charge in [0.05, 0.1) is 6.54 Å². The molecule has 2 aromatic carbocycles. The van der Waals surface area contributed by atoms with Crippen LogP contribution in [0.1, 0.15) is 19.4 Å². The van der Waals surface area contributed by atoms with Crippen LogP contribution in [0.15, 0.2) is 54.6 Å². The van der Waals surface area contributed by atoms with E-state index in [-0.39, 0.29) is 24.2 Å². The van der Waals surface area contributed by atoms with Crippen molar-refractivity contribution in [2.75, 3.05) is 18.5 Å². The Bertz CT molecular complexity index is 736. The Kier molecular flexibility index (Phi) is 8.09. The van der Waals surface area contributed by atoms with Crippen molar-refractivity contribution in [1.29, 1.82) is 0 Å². The van der Waals surface area contributed by atoms with E-state index in [0.717, 1.165) is 5.56 Å². The van der Waals surface area contributed by atoms with Gasteiger partial charge in [-0.3, -0.25) is 9.59 Å². The van der Waals surface area contributed by atoms with Crippen LogP contribution in [-0.4, -0.2) is 25.0 Å². The number of nitrogens with one attached hydrogen (secondary N) is 2. The minimum atomic E-state index is -1.10. The van der Waals surface area contributed by atoms with Gasteiger partial charge >= 0.3 is 0 Å². The van der Waals surface area contributed by atoms with Crippen molar-refractivity contribution in [3.8, 4) is 5.75 Å². The molecule has 6 nitrogen and oxygen atoms in total. The summed E-state index contributed by atoms with van der Waals surface area (Å²) in [5.41, 5.74) is 6.45. The average Bonchev–Trinajstić information content (AvgIpc) is 2.59. The second-order valence-corrected chi connectivity index (χ2v) is 5.88. The Balaban J connectivity index is 0.00000338. The van der Waals surface area contributed by atoms with E-state index in [4.69, 9.17) is 10.5 Å². The van der Waals surface area contributed by atoms with E-state index in [1.165, 1.54) is 6.92 Å². The lowest BCUT2D eigenvalue weighted by Crippen LogP contribution is -2.49. The molecule has 0 saturated carbocycles. The Morgan fingerprint density at radius 1 is 1.12 bits per heavy atom. The minimum Gasteiger partial charge on any atom is -0.492 e. The van der Waals surface area contributed by atoms with Crippen LogP contribution in [0.3, 0.4) is 0 Å². The predicted molar refractivity (Wildman–Crippen MR) is 104 cm³/mol. The first-order chi connectivity index (χ1) is 11.9. The van der Waals surface area contributed by atoms with Gasteiger partial charge in [0.1, 0.15) is 17.9 Å². The molecule has 0 aliphatic rings. The summed E-state index contributed by atoms with van der Waals surface area (Å²) in [6.45, 7) is 3.73. The number of rotatable bonds is 7. The maximum atomic E-state index is 12.3. The van der Waals surface area contributed by atoms with Crippen LogP contribution in [0.5, 0.6) is 5.75 Å². The topological polar surface area (TPSA) is 93.5 Å². The number of anilines is 1. The zero-order valence-electron chi connectivity index (χ0n) is 14.8. The molecule has 2 aromatic rings. The van der Waals surface area contributed by atoms with E-state index in [9.17, 15) is 9.59 Å². The first-order valence-electron chi connectivity index (χ1n) is 8.03. The molecule has 0 aromatic heterocycles. The molecule has 7 heteroatoms. The molecule has 0 aliphatic carbocycles. The van der Waals surface area contributed by atoms with Crippen molar-refractivity contribution in [2.24, 2.45) is 5.73 Å². The summed E-state index contributed by atoms with van der Waals surface area (Å²) < 4.78 is 5.59. The number of carbonyl (C=O) groups is 2. The van der Waals surface area contributed by atoms with Gasteiger partial charge in [0.25, 0.3) is 0 Å². The van der Waals surface area contributed by atoms with Crippen molar-refractivity contribution < 1.29 is 14.3 Å². The maximum absolute atomic E-state index is 12.3. The molecule has 1 unspecified atom stereocenters. The van der Waals surface area contributed by atoms with Gasteiger partial charge in [0, 0.05) is 18.7 Å². The quantitative estimate of drug-likeness (QED) is 0.646. The minimum absolute atomic E-state index is 0. The molecule has 0 bridgehead atoms. The third-order valence-corrected chi connectivity index (χ3v) is 3.66.